The van der Waals surface area contributed by atoms with E-state index in [9.17, 15) is 0 Å². The van der Waals surface area contributed by atoms with Crippen LogP contribution in [-0.4, -0.2) is 30.0 Å². The van der Waals surface area contributed by atoms with Crippen molar-refractivity contribution < 1.29 is 4.74 Å². The number of hydrogen-bond donors (Lipinski definition) is 1. The fraction of sp³-hybridized carbons (Fsp3) is 0.625. The van der Waals surface area contributed by atoms with Crippen molar-refractivity contribution in [2.24, 2.45) is 0 Å². The fourth-order valence-corrected chi connectivity index (χ4v) is 0.966. The summed E-state index contributed by atoms with van der Waals surface area (Å²) in [6.07, 6.45) is 3.79. The summed E-state index contributed by atoms with van der Waals surface area (Å²) in [5.41, 5.74) is 1.06. The molecule has 0 atom stereocenters. The molecule has 1 aromatic heterocycles. The van der Waals surface area contributed by atoms with Crippen LogP contribution in [0.15, 0.2) is 12.4 Å². The molecule has 4 nitrogen and oxygen atoms in total. The van der Waals surface area contributed by atoms with Gasteiger partial charge in [0.25, 0.3) is 0 Å². The molecule has 0 amide bonds. The molecule has 0 radical (unpaired) electrons. The Labute approximate surface area is 72.5 Å². The van der Waals surface area contributed by atoms with E-state index in [1.165, 1.54) is 0 Å². The van der Waals surface area contributed by atoms with Crippen LogP contribution < -0.4 is 5.32 Å². The lowest BCUT2D eigenvalue weighted by molar-refractivity contribution is 0.183. The first-order valence-electron chi connectivity index (χ1n) is 4.12. The molecule has 0 saturated heterocycles. The maximum atomic E-state index is 4.93. The molecule has 0 aliphatic carbocycles. The zero-order valence-corrected chi connectivity index (χ0v) is 7.58. The maximum Gasteiger partial charge on any atom is 0.0726 e. The van der Waals surface area contributed by atoms with Crippen molar-refractivity contribution in [2.45, 2.75) is 13.5 Å². The first kappa shape index (κ1) is 9.06. The van der Waals surface area contributed by atoms with Gasteiger partial charge in [-0.3, -0.25) is 4.68 Å². The first-order valence-corrected chi connectivity index (χ1v) is 4.12. The molecule has 1 rings (SSSR count). The van der Waals surface area contributed by atoms with Gasteiger partial charge in [-0.1, -0.05) is 0 Å². The largest absolute Gasteiger partial charge is 0.383 e. The van der Waals surface area contributed by atoms with Crippen LogP contribution in [0.5, 0.6) is 0 Å². The number of anilines is 1. The molecule has 4 heteroatoms. The van der Waals surface area contributed by atoms with Crippen LogP contribution in [-0.2, 0) is 11.3 Å². The molecule has 1 heterocycles. The Morgan fingerprint density at radius 3 is 3.17 bits per heavy atom. The van der Waals surface area contributed by atoms with Crippen molar-refractivity contribution in [3.8, 4) is 0 Å². The van der Waals surface area contributed by atoms with Gasteiger partial charge < -0.3 is 10.1 Å². The van der Waals surface area contributed by atoms with Crippen LogP contribution in [0.4, 0.5) is 5.69 Å². The molecule has 0 aliphatic heterocycles. The normalized spacial score (nSPS) is 10.2. The molecular weight excluding hydrogens is 154 g/mol. The fourth-order valence-electron chi connectivity index (χ4n) is 0.966. The molecule has 12 heavy (non-hydrogen) atoms. The molecule has 1 N–H and O–H groups in total. The van der Waals surface area contributed by atoms with Crippen LogP contribution >= 0.6 is 0 Å². The van der Waals surface area contributed by atoms with Gasteiger partial charge >= 0.3 is 0 Å². The molecule has 1 aromatic rings. The third-order valence-corrected chi connectivity index (χ3v) is 1.54. The number of hydrogen-bond acceptors (Lipinski definition) is 3. The Morgan fingerprint density at radius 2 is 2.50 bits per heavy atom. The summed E-state index contributed by atoms with van der Waals surface area (Å²) < 4.78 is 6.80. The highest BCUT2D eigenvalue weighted by molar-refractivity contribution is 5.37. The van der Waals surface area contributed by atoms with Crippen LogP contribution in [0, 0.1) is 0 Å². The molecule has 68 valence electrons. The summed E-state index contributed by atoms with van der Waals surface area (Å²) in [6, 6.07) is 0. The van der Waals surface area contributed by atoms with E-state index in [1.54, 1.807) is 7.11 Å². The summed E-state index contributed by atoms with van der Waals surface area (Å²) in [4.78, 5) is 0. The molecular formula is C8H15N3O. The van der Waals surface area contributed by atoms with E-state index in [4.69, 9.17) is 4.74 Å². The Kier molecular flexibility index (Phi) is 3.60. The second kappa shape index (κ2) is 4.77. The highest BCUT2D eigenvalue weighted by Crippen LogP contribution is 2.03. The Bertz CT molecular complexity index is 222. The zero-order chi connectivity index (χ0) is 8.81. The third-order valence-electron chi connectivity index (χ3n) is 1.54. The molecule has 0 spiro atoms. The van der Waals surface area contributed by atoms with E-state index >= 15 is 0 Å². The zero-order valence-electron chi connectivity index (χ0n) is 7.58. The maximum absolute atomic E-state index is 4.93. The van der Waals surface area contributed by atoms with Gasteiger partial charge in [0.05, 0.1) is 25.0 Å². The lowest BCUT2D eigenvalue weighted by atomic mass is 10.5. The van der Waals surface area contributed by atoms with Crippen LogP contribution in [0.1, 0.15) is 6.92 Å². The van der Waals surface area contributed by atoms with Gasteiger partial charge in [-0.25, -0.2) is 0 Å². The predicted octanol–water partition coefficient (Wildman–Crippen LogP) is 0.961. The predicted molar refractivity (Wildman–Crippen MR) is 48.3 cm³/mol. The quantitative estimate of drug-likeness (QED) is 0.713. The van der Waals surface area contributed by atoms with E-state index < -0.39 is 0 Å². The summed E-state index contributed by atoms with van der Waals surface area (Å²) >= 11 is 0. The van der Waals surface area contributed by atoms with Crippen LogP contribution in [0.25, 0.3) is 0 Å². The number of nitrogens with zero attached hydrogens (tertiary/aromatic N) is 2. The van der Waals surface area contributed by atoms with Gasteiger partial charge in [0.1, 0.15) is 0 Å². The number of ether oxygens (including phenoxy) is 1. The summed E-state index contributed by atoms with van der Waals surface area (Å²) in [6.45, 7) is 4.50. The van der Waals surface area contributed by atoms with E-state index in [-0.39, 0.29) is 0 Å². The number of rotatable bonds is 5. The average Bonchev–Trinajstić information content (AvgIpc) is 2.50. The summed E-state index contributed by atoms with van der Waals surface area (Å²) in [7, 11) is 1.69. The smallest absolute Gasteiger partial charge is 0.0726 e. The van der Waals surface area contributed by atoms with Crippen molar-refractivity contribution in [1.82, 2.24) is 9.78 Å². The molecule has 0 aliphatic rings. The topological polar surface area (TPSA) is 39.1 Å². The standard InChI is InChI=1S/C8H15N3O/c1-3-9-8-6-10-11(7-8)4-5-12-2/h6-7,9H,3-5H2,1-2H3. The minimum Gasteiger partial charge on any atom is -0.383 e. The Balaban J connectivity index is 2.41. The molecule has 0 fully saturated rings. The molecule has 0 saturated carbocycles. The Hall–Kier alpha value is -1.03. The van der Waals surface area contributed by atoms with Crippen molar-refractivity contribution in [3.05, 3.63) is 12.4 Å². The number of aromatic nitrogens is 2. The van der Waals surface area contributed by atoms with E-state index in [1.807, 2.05) is 17.1 Å². The van der Waals surface area contributed by atoms with Crippen molar-refractivity contribution >= 4 is 5.69 Å². The van der Waals surface area contributed by atoms with Crippen LogP contribution in [0.2, 0.25) is 0 Å². The van der Waals surface area contributed by atoms with E-state index in [2.05, 4.69) is 17.3 Å². The summed E-state index contributed by atoms with van der Waals surface area (Å²) in [5.74, 6) is 0. The number of nitrogens with one attached hydrogen (secondary N) is 1. The monoisotopic (exact) mass is 169 g/mol. The third kappa shape index (κ3) is 2.54. The van der Waals surface area contributed by atoms with E-state index in [0.717, 1.165) is 18.8 Å². The number of methoxy groups -OCH3 is 1. The SMILES string of the molecule is CCNc1cnn(CCOC)c1. The second-order valence-electron chi connectivity index (χ2n) is 2.52. The van der Waals surface area contributed by atoms with Gasteiger partial charge in [-0.2, -0.15) is 5.10 Å². The van der Waals surface area contributed by atoms with Crippen molar-refractivity contribution in [2.75, 3.05) is 25.6 Å². The molecule has 0 bridgehead atoms. The highest BCUT2D eigenvalue weighted by Gasteiger charge is 1.95. The lowest BCUT2D eigenvalue weighted by Crippen LogP contribution is -2.04. The van der Waals surface area contributed by atoms with Crippen molar-refractivity contribution in [1.29, 1.82) is 0 Å². The van der Waals surface area contributed by atoms with Gasteiger partial charge in [0, 0.05) is 19.9 Å². The lowest BCUT2D eigenvalue weighted by Gasteiger charge is -1.98. The van der Waals surface area contributed by atoms with Crippen LogP contribution in [0.3, 0.4) is 0 Å². The van der Waals surface area contributed by atoms with Gasteiger partial charge in [-0.05, 0) is 6.92 Å². The highest BCUT2D eigenvalue weighted by atomic mass is 16.5. The van der Waals surface area contributed by atoms with E-state index in [0.29, 0.717) is 6.61 Å². The van der Waals surface area contributed by atoms with Crippen molar-refractivity contribution in [3.63, 3.8) is 0 Å². The minimum absolute atomic E-state index is 0.702. The van der Waals surface area contributed by atoms with Gasteiger partial charge in [0.2, 0.25) is 0 Å². The minimum atomic E-state index is 0.702. The average molecular weight is 169 g/mol. The second-order valence-corrected chi connectivity index (χ2v) is 2.52. The molecule has 0 aromatic carbocycles. The van der Waals surface area contributed by atoms with Gasteiger partial charge in [-0.15, -0.1) is 0 Å². The molecule has 0 unspecified atom stereocenters. The van der Waals surface area contributed by atoms with Gasteiger partial charge in [0.15, 0.2) is 0 Å². The summed E-state index contributed by atoms with van der Waals surface area (Å²) in [5, 5.41) is 7.33. The Morgan fingerprint density at radius 1 is 1.67 bits per heavy atom. The first-order chi connectivity index (χ1) is 5.86.